The number of aromatic nitrogens is 2. The topological polar surface area (TPSA) is 39.4 Å². The van der Waals surface area contributed by atoms with Gasteiger partial charge in [-0.1, -0.05) is 0 Å². The van der Waals surface area contributed by atoms with Gasteiger partial charge in [0.15, 0.2) is 0 Å². The molecule has 1 aromatic rings. The van der Waals surface area contributed by atoms with Gasteiger partial charge in [0.2, 0.25) is 12.4 Å². The second-order valence-corrected chi connectivity index (χ2v) is 2.26. The highest BCUT2D eigenvalue weighted by molar-refractivity contribution is 5.29. The molecule has 0 radical (unpaired) electrons. The van der Waals surface area contributed by atoms with Crippen LogP contribution in [-0.2, 0) is 6.54 Å². The van der Waals surface area contributed by atoms with E-state index in [1.165, 1.54) is 13.4 Å². The van der Waals surface area contributed by atoms with Gasteiger partial charge in [-0.2, -0.15) is 0 Å². The summed E-state index contributed by atoms with van der Waals surface area (Å²) < 4.78 is 4.98. The van der Waals surface area contributed by atoms with Crippen molar-refractivity contribution in [1.29, 1.82) is 0 Å². The fourth-order valence-corrected chi connectivity index (χ4v) is 0.916. The van der Waals surface area contributed by atoms with Crippen LogP contribution in [0.5, 0.6) is 5.88 Å². The summed E-state index contributed by atoms with van der Waals surface area (Å²) in [5.74, 6) is 0.499. The lowest BCUT2D eigenvalue weighted by atomic mass is 10.2. The molecule has 0 spiro atoms. The van der Waals surface area contributed by atoms with Crippen molar-refractivity contribution in [1.82, 2.24) is 9.97 Å². The van der Waals surface area contributed by atoms with Crippen molar-refractivity contribution in [3.8, 4) is 5.88 Å². The van der Waals surface area contributed by atoms with Crippen molar-refractivity contribution >= 4 is 0 Å². The maximum absolute atomic E-state index is 6.72. The second-order valence-electron chi connectivity index (χ2n) is 2.26. The van der Waals surface area contributed by atoms with E-state index in [-0.39, 0.29) is 6.54 Å². The zero-order chi connectivity index (χ0) is 8.97. The molecule has 12 heavy (non-hydrogen) atoms. The third-order valence-electron chi connectivity index (χ3n) is 1.55. The lowest BCUT2D eigenvalue weighted by Gasteiger charge is -2.03. The number of aryl methyl sites for hydroxylation is 1. The molecule has 1 aromatic heterocycles. The molecule has 0 aromatic carbocycles. The first kappa shape index (κ1) is 8.47. The standard InChI is InChI=1S/C8H9N3O/c1-6-7(4-9-2)8(12-3)11-5-10-6/h5H,4H2,1,3H3. The van der Waals surface area contributed by atoms with Crippen molar-refractivity contribution in [3.05, 3.63) is 29.0 Å². The molecular weight excluding hydrogens is 154 g/mol. The molecule has 4 nitrogen and oxygen atoms in total. The fourth-order valence-electron chi connectivity index (χ4n) is 0.916. The minimum atomic E-state index is 0.274. The number of rotatable bonds is 2. The third-order valence-corrected chi connectivity index (χ3v) is 1.55. The zero-order valence-corrected chi connectivity index (χ0v) is 7.03. The van der Waals surface area contributed by atoms with Gasteiger partial charge in [-0.3, -0.25) is 0 Å². The number of nitrogens with zero attached hydrogens (tertiary/aromatic N) is 3. The zero-order valence-electron chi connectivity index (χ0n) is 7.03. The number of hydrogen-bond acceptors (Lipinski definition) is 3. The fraction of sp³-hybridized carbons (Fsp3) is 0.375. The molecule has 0 aliphatic rings. The first-order valence-corrected chi connectivity index (χ1v) is 3.47. The smallest absolute Gasteiger partial charge is 0.246 e. The SMILES string of the molecule is [C-]#[N+]Cc1c(C)ncnc1OC. The van der Waals surface area contributed by atoms with E-state index in [1.54, 1.807) is 0 Å². The minimum Gasteiger partial charge on any atom is -0.481 e. The summed E-state index contributed by atoms with van der Waals surface area (Å²) in [5, 5.41) is 0. The van der Waals surface area contributed by atoms with Crippen LogP contribution in [0.2, 0.25) is 0 Å². The predicted octanol–water partition coefficient (Wildman–Crippen LogP) is 1.21. The summed E-state index contributed by atoms with van der Waals surface area (Å²) in [7, 11) is 1.54. The van der Waals surface area contributed by atoms with Crippen LogP contribution in [0.1, 0.15) is 11.3 Å². The Labute approximate surface area is 71.0 Å². The molecule has 4 heteroatoms. The van der Waals surface area contributed by atoms with Gasteiger partial charge in [0.05, 0.1) is 12.8 Å². The van der Waals surface area contributed by atoms with Gasteiger partial charge in [-0.25, -0.2) is 16.5 Å². The lowest BCUT2D eigenvalue weighted by molar-refractivity contribution is 0.391. The quantitative estimate of drug-likeness (QED) is 0.615. The monoisotopic (exact) mass is 163 g/mol. The van der Waals surface area contributed by atoms with Crippen LogP contribution >= 0.6 is 0 Å². The van der Waals surface area contributed by atoms with Gasteiger partial charge in [0.1, 0.15) is 11.9 Å². The highest BCUT2D eigenvalue weighted by Crippen LogP contribution is 2.17. The van der Waals surface area contributed by atoms with Crippen LogP contribution in [-0.4, -0.2) is 17.1 Å². The lowest BCUT2D eigenvalue weighted by Crippen LogP contribution is -1.98. The number of methoxy groups -OCH3 is 1. The van der Waals surface area contributed by atoms with E-state index < -0.39 is 0 Å². The van der Waals surface area contributed by atoms with Gasteiger partial charge < -0.3 is 9.58 Å². The summed E-state index contributed by atoms with van der Waals surface area (Å²) in [4.78, 5) is 11.1. The maximum Gasteiger partial charge on any atom is 0.246 e. The summed E-state index contributed by atoms with van der Waals surface area (Å²) >= 11 is 0. The molecule has 1 heterocycles. The molecule has 0 aliphatic carbocycles. The van der Waals surface area contributed by atoms with Crippen LogP contribution in [0.3, 0.4) is 0 Å². The van der Waals surface area contributed by atoms with Gasteiger partial charge >= 0.3 is 0 Å². The van der Waals surface area contributed by atoms with Crippen LogP contribution in [0.15, 0.2) is 6.33 Å². The number of ether oxygens (including phenoxy) is 1. The molecule has 1 rings (SSSR count). The minimum absolute atomic E-state index is 0.274. The summed E-state index contributed by atoms with van der Waals surface area (Å²) in [6.07, 6.45) is 1.43. The maximum atomic E-state index is 6.72. The predicted molar refractivity (Wildman–Crippen MR) is 43.6 cm³/mol. The Morgan fingerprint density at radius 3 is 2.92 bits per heavy atom. The highest BCUT2D eigenvalue weighted by Gasteiger charge is 2.10. The summed E-state index contributed by atoms with van der Waals surface area (Å²) in [5.41, 5.74) is 1.58. The van der Waals surface area contributed by atoms with E-state index in [1.807, 2.05) is 6.92 Å². The van der Waals surface area contributed by atoms with Gasteiger partial charge in [0, 0.05) is 0 Å². The second kappa shape index (κ2) is 3.67. The van der Waals surface area contributed by atoms with Crippen molar-refractivity contribution in [2.24, 2.45) is 0 Å². The van der Waals surface area contributed by atoms with Gasteiger partial charge in [-0.15, -0.1) is 0 Å². The van der Waals surface area contributed by atoms with E-state index >= 15 is 0 Å². The Hall–Kier alpha value is -1.63. The molecule has 0 aliphatic heterocycles. The molecule has 62 valence electrons. The van der Waals surface area contributed by atoms with Crippen molar-refractivity contribution < 1.29 is 4.74 Å². The molecule has 0 atom stereocenters. The number of hydrogen-bond donors (Lipinski definition) is 0. The van der Waals surface area contributed by atoms with E-state index in [4.69, 9.17) is 11.3 Å². The molecule has 0 N–H and O–H groups in total. The van der Waals surface area contributed by atoms with Crippen molar-refractivity contribution in [2.75, 3.05) is 7.11 Å². The van der Waals surface area contributed by atoms with Crippen LogP contribution in [0, 0.1) is 13.5 Å². The van der Waals surface area contributed by atoms with Gasteiger partial charge in [0.25, 0.3) is 0 Å². The van der Waals surface area contributed by atoms with Crippen LogP contribution in [0.25, 0.3) is 4.85 Å². The Balaban J connectivity index is 3.12. The van der Waals surface area contributed by atoms with E-state index in [0.29, 0.717) is 5.88 Å². The Bertz CT molecular complexity index is 317. The average molecular weight is 163 g/mol. The van der Waals surface area contributed by atoms with Gasteiger partial charge in [-0.05, 0) is 6.92 Å². The largest absolute Gasteiger partial charge is 0.481 e. The van der Waals surface area contributed by atoms with Crippen LogP contribution < -0.4 is 4.74 Å². The highest BCUT2D eigenvalue weighted by atomic mass is 16.5. The third kappa shape index (κ3) is 1.51. The molecule has 0 unspecified atom stereocenters. The van der Waals surface area contributed by atoms with E-state index in [9.17, 15) is 0 Å². The molecular formula is C8H9N3O. The first-order valence-electron chi connectivity index (χ1n) is 3.47. The molecule has 0 saturated heterocycles. The first-order chi connectivity index (χ1) is 5.79. The normalized spacial score (nSPS) is 9.08. The Morgan fingerprint density at radius 1 is 1.58 bits per heavy atom. The molecule has 0 amide bonds. The van der Waals surface area contributed by atoms with E-state index in [0.717, 1.165) is 11.3 Å². The molecule has 0 bridgehead atoms. The van der Waals surface area contributed by atoms with Crippen molar-refractivity contribution in [2.45, 2.75) is 13.5 Å². The molecule has 0 fully saturated rings. The Morgan fingerprint density at radius 2 is 2.33 bits per heavy atom. The van der Waals surface area contributed by atoms with Crippen molar-refractivity contribution in [3.63, 3.8) is 0 Å². The van der Waals surface area contributed by atoms with E-state index in [2.05, 4.69) is 14.8 Å². The summed E-state index contributed by atoms with van der Waals surface area (Å²) in [6.45, 7) is 8.83. The Kier molecular flexibility index (Phi) is 2.59. The average Bonchev–Trinajstić information content (AvgIpc) is 2.09. The van der Waals surface area contributed by atoms with Crippen LogP contribution in [0.4, 0.5) is 0 Å². The molecule has 0 saturated carbocycles. The summed E-state index contributed by atoms with van der Waals surface area (Å²) in [6, 6.07) is 0.